The number of furan rings is 1. The fourth-order valence-corrected chi connectivity index (χ4v) is 2.84. The molecular formula is C16H26N2O4. The highest BCUT2D eigenvalue weighted by atomic mass is 16.5. The Labute approximate surface area is 131 Å². The Kier molecular flexibility index (Phi) is 5.61. The number of ether oxygens (including phenoxy) is 1. The number of carbonyl (C=O) groups is 1. The van der Waals surface area contributed by atoms with Crippen molar-refractivity contribution in [1.82, 2.24) is 9.80 Å². The molecule has 0 aromatic carbocycles. The molecule has 124 valence electrons. The lowest BCUT2D eigenvalue weighted by atomic mass is 10.1. The summed E-state index contributed by atoms with van der Waals surface area (Å²) < 4.78 is 10.8. The van der Waals surface area contributed by atoms with Gasteiger partial charge in [-0.3, -0.25) is 9.69 Å². The smallest absolute Gasteiger partial charge is 0.257 e. The number of likely N-dealkylation sites (N-methyl/N-ethyl adjacent to an activating group) is 1. The average molecular weight is 310 g/mol. The lowest BCUT2D eigenvalue weighted by Crippen LogP contribution is -2.45. The predicted molar refractivity (Wildman–Crippen MR) is 83.1 cm³/mol. The van der Waals surface area contributed by atoms with Gasteiger partial charge in [0.05, 0.1) is 24.9 Å². The lowest BCUT2D eigenvalue weighted by Gasteiger charge is -2.30. The highest BCUT2D eigenvalue weighted by molar-refractivity contribution is 5.96. The van der Waals surface area contributed by atoms with E-state index in [0.29, 0.717) is 37.6 Å². The molecule has 1 aromatic rings. The average Bonchev–Trinajstić information content (AvgIpc) is 2.72. The van der Waals surface area contributed by atoms with Gasteiger partial charge in [0, 0.05) is 38.8 Å². The maximum absolute atomic E-state index is 12.5. The summed E-state index contributed by atoms with van der Waals surface area (Å²) in [5.74, 6) is 1.30. The number of hydrogen-bond acceptors (Lipinski definition) is 5. The number of aliphatic hydroxyl groups is 1. The highest BCUT2D eigenvalue weighted by Crippen LogP contribution is 2.22. The molecule has 1 saturated heterocycles. The first kappa shape index (κ1) is 17.0. The summed E-state index contributed by atoms with van der Waals surface area (Å²) in [6.07, 6.45) is -0.569. The van der Waals surface area contributed by atoms with Crippen molar-refractivity contribution in [2.45, 2.75) is 26.9 Å². The van der Waals surface area contributed by atoms with E-state index in [1.165, 1.54) is 0 Å². The highest BCUT2D eigenvalue weighted by Gasteiger charge is 2.24. The lowest BCUT2D eigenvalue weighted by molar-refractivity contribution is 0.00876. The molecule has 22 heavy (non-hydrogen) atoms. The van der Waals surface area contributed by atoms with Crippen LogP contribution in [-0.4, -0.2) is 73.4 Å². The minimum atomic E-state index is -0.569. The van der Waals surface area contributed by atoms with E-state index in [1.807, 2.05) is 13.8 Å². The number of rotatable bonds is 5. The summed E-state index contributed by atoms with van der Waals surface area (Å²) >= 11 is 0. The largest absolute Gasteiger partial charge is 0.466 e. The van der Waals surface area contributed by atoms with Crippen molar-refractivity contribution in [3.8, 4) is 0 Å². The second-order valence-corrected chi connectivity index (χ2v) is 5.97. The zero-order valence-electron chi connectivity index (χ0n) is 13.9. The summed E-state index contributed by atoms with van der Waals surface area (Å²) in [7, 11) is 1.71. The van der Waals surface area contributed by atoms with Crippen LogP contribution in [0, 0.1) is 20.8 Å². The van der Waals surface area contributed by atoms with Gasteiger partial charge < -0.3 is 19.2 Å². The van der Waals surface area contributed by atoms with Gasteiger partial charge in [-0.2, -0.15) is 0 Å². The molecular weight excluding hydrogens is 284 g/mol. The maximum Gasteiger partial charge on any atom is 0.257 e. The third kappa shape index (κ3) is 3.88. The Balaban J connectivity index is 1.93. The minimum absolute atomic E-state index is 0.104. The Morgan fingerprint density at radius 3 is 2.45 bits per heavy atom. The molecule has 0 radical (unpaired) electrons. The maximum atomic E-state index is 12.5. The second-order valence-electron chi connectivity index (χ2n) is 5.97. The van der Waals surface area contributed by atoms with Crippen LogP contribution in [0.2, 0.25) is 0 Å². The van der Waals surface area contributed by atoms with E-state index in [-0.39, 0.29) is 5.91 Å². The minimum Gasteiger partial charge on any atom is -0.466 e. The SMILES string of the molecule is Cc1oc(C)c(C(=O)N(C)CC(O)CN2CCOCC2)c1C. The molecule has 2 heterocycles. The Bertz CT molecular complexity index is 520. The van der Waals surface area contributed by atoms with Crippen molar-refractivity contribution in [3.63, 3.8) is 0 Å². The van der Waals surface area contributed by atoms with Crippen LogP contribution in [-0.2, 0) is 4.74 Å². The zero-order chi connectivity index (χ0) is 16.3. The fraction of sp³-hybridized carbons (Fsp3) is 0.688. The van der Waals surface area contributed by atoms with Gasteiger partial charge in [0.2, 0.25) is 0 Å². The second kappa shape index (κ2) is 7.26. The number of β-amino-alcohol motifs (C(OH)–C–C–N with tert-alkyl or cyclic N) is 1. The third-order valence-corrected chi connectivity index (χ3v) is 4.18. The molecule has 0 spiro atoms. The number of hydrogen-bond donors (Lipinski definition) is 1. The van der Waals surface area contributed by atoms with Crippen LogP contribution in [0.5, 0.6) is 0 Å². The monoisotopic (exact) mass is 310 g/mol. The normalized spacial score (nSPS) is 17.5. The van der Waals surface area contributed by atoms with Crippen molar-refractivity contribution in [2.24, 2.45) is 0 Å². The van der Waals surface area contributed by atoms with Crippen LogP contribution in [0.25, 0.3) is 0 Å². The van der Waals surface area contributed by atoms with Crippen LogP contribution in [0.1, 0.15) is 27.4 Å². The Morgan fingerprint density at radius 2 is 1.91 bits per heavy atom. The van der Waals surface area contributed by atoms with Crippen LogP contribution in [0.3, 0.4) is 0 Å². The quantitative estimate of drug-likeness (QED) is 0.878. The van der Waals surface area contributed by atoms with Crippen LogP contribution in [0.4, 0.5) is 0 Å². The van der Waals surface area contributed by atoms with Gasteiger partial charge in [0.15, 0.2) is 0 Å². The van der Waals surface area contributed by atoms with Gasteiger partial charge in [-0.1, -0.05) is 0 Å². The summed E-state index contributed by atoms with van der Waals surface area (Å²) in [5.41, 5.74) is 1.48. The standard InChI is InChI=1S/C16H26N2O4/c1-11-12(2)22-13(3)15(11)16(20)17(4)9-14(19)10-18-5-7-21-8-6-18/h14,19H,5-10H2,1-4H3. The molecule has 1 amide bonds. The van der Waals surface area contributed by atoms with Gasteiger partial charge in [0.1, 0.15) is 11.5 Å². The number of aryl methyl sites for hydroxylation is 2. The molecule has 2 rings (SSSR count). The summed E-state index contributed by atoms with van der Waals surface area (Å²) in [4.78, 5) is 16.3. The van der Waals surface area contributed by atoms with E-state index in [1.54, 1.807) is 18.9 Å². The first-order valence-electron chi connectivity index (χ1n) is 7.70. The number of morpholine rings is 1. The summed E-state index contributed by atoms with van der Waals surface area (Å²) in [6.45, 7) is 9.46. The molecule has 1 aliphatic rings. The Hall–Kier alpha value is -1.37. The van der Waals surface area contributed by atoms with E-state index < -0.39 is 6.10 Å². The van der Waals surface area contributed by atoms with Gasteiger partial charge in [-0.05, 0) is 20.8 Å². The first-order valence-corrected chi connectivity index (χ1v) is 7.70. The third-order valence-electron chi connectivity index (χ3n) is 4.18. The van der Waals surface area contributed by atoms with Crippen molar-refractivity contribution in [3.05, 3.63) is 22.6 Å². The van der Waals surface area contributed by atoms with E-state index in [2.05, 4.69) is 4.90 Å². The van der Waals surface area contributed by atoms with Gasteiger partial charge in [-0.25, -0.2) is 0 Å². The molecule has 0 aliphatic carbocycles. The molecule has 1 aliphatic heterocycles. The van der Waals surface area contributed by atoms with Crippen molar-refractivity contribution in [1.29, 1.82) is 0 Å². The zero-order valence-corrected chi connectivity index (χ0v) is 13.9. The van der Waals surface area contributed by atoms with Crippen LogP contribution >= 0.6 is 0 Å². The molecule has 0 saturated carbocycles. The topological polar surface area (TPSA) is 66.2 Å². The Morgan fingerprint density at radius 1 is 1.27 bits per heavy atom. The number of amides is 1. The number of carbonyl (C=O) groups excluding carboxylic acids is 1. The molecule has 1 fully saturated rings. The molecule has 1 aromatic heterocycles. The number of nitrogens with zero attached hydrogens (tertiary/aromatic N) is 2. The van der Waals surface area contributed by atoms with E-state index in [9.17, 15) is 9.90 Å². The van der Waals surface area contributed by atoms with Crippen LogP contribution < -0.4 is 0 Å². The van der Waals surface area contributed by atoms with Crippen molar-refractivity contribution >= 4 is 5.91 Å². The summed E-state index contributed by atoms with van der Waals surface area (Å²) in [6, 6.07) is 0. The van der Waals surface area contributed by atoms with Crippen molar-refractivity contribution in [2.75, 3.05) is 46.4 Å². The molecule has 1 N–H and O–H groups in total. The molecule has 0 bridgehead atoms. The summed E-state index contributed by atoms with van der Waals surface area (Å²) in [5, 5.41) is 10.2. The van der Waals surface area contributed by atoms with Gasteiger partial charge in [-0.15, -0.1) is 0 Å². The van der Waals surface area contributed by atoms with Gasteiger partial charge in [0.25, 0.3) is 5.91 Å². The molecule has 6 nitrogen and oxygen atoms in total. The fourth-order valence-electron chi connectivity index (χ4n) is 2.84. The molecule has 1 unspecified atom stereocenters. The van der Waals surface area contributed by atoms with E-state index in [4.69, 9.17) is 9.15 Å². The number of aliphatic hydroxyl groups excluding tert-OH is 1. The first-order chi connectivity index (χ1) is 10.4. The van der Waals surface area contributed by atoms with Gasteiger partial charge >= 0.3 is 0 Å². The molecule has 6 heteroatoms. The van der Waals surface area contributed by atoms with E-state index >= 15 is 0 Å². The predicted octanol–water partition coefficient (Wildman–Crippen LogP) is 0.970. The molecule has 1 atom stereocenters. The van der Waals surface area contributed by atoms with Crippen LogP contribution in [0.15, 0.2) is 4.42 Å². The van der Waals surface area contributed by atoms with E-state index in [0.717, 1.165) is 24.4 Å². The van der Waals surface area contributed by atoms with Crippen molar-refractivity contribution < 1.29 is 19.1 Å².